The number of hydrogen-bond donors (Lipinski definition) is 1. The number of thioether (sulfide) groups is 1. The lowest BCUT2D eigenvalue weighted by Gasteiger charge is -2.01. The van der Waals surface area contributed by atoms with E-state index in [1.54, 1.807) is 19.2 Å². The quantitative estimate of drug-likeness (QED) is 0.581. The molecule has 0 saturated heterocycles. The Bertz CT molecular complexity index is 262. The fourth-order valence-electron chi connectivity index (χ4n) is 1.06. The van der Waals surface area contributed by atoms with Gasteiger partial charge in [0.15, 0.2) is 0 Å². The molecule has 0 aromatic heterocycles. The molecule has 3 heteroatoms. The summed E-state index contributed by atoms with van der Waals surface area (Å²) in [5.74, 6) is 0.881. The van der Waals surface area contributed by atoms with Crippen LogP contribution in [0.25, 0.3) is 0 Å². The third-order valence-corrected chi connectivity index (χ3v) is 2.91. The normalized spacial score (nSPS) is 8.72. The molecule has 1 rings (SSSR count). The first-order valence-electron chi connectivity index (χ1n) is 6.65. The molecule has 1 aromatic carbocycles. The van der Waals surface area contributed by atoms with Gasteiger partial charge in [0.25, 0.3) is 0 Å². The summed E-state index contributed by atoms with van der Waals surface area (Å²) in [5, 5.41) is 9.26. The van der Waals surface area contributed by atoms with E-state index < -0.39 is 0 Å². The fraction of sp³-hybridized carbons (Fsp3) is 0.600. The van der Waals surface area contributed by atoms with E-state index in [1.807, 2.05) is 26.0 Å². The Hall–Kier alpha value is -0.670. The van der Waals surface area contributed by atoms with Gasteiger partial charge in [-0.1, -0.05) is 70.9 Å². The maximum Gasteiger partial charge on any atom is 0.129 e. The molecule has 0 aliphatic carbocycles. The summed E-state index contributed by atoms with van der Waals surface area (Å²) in [4.78, 5) is 0.856. The lowest BCUT2D eigenvalue weighted by atomic mass is 10.3. The molecule has 106 valence electrons. The number of rotatable bonds is 5. The molecule has 0 aliphatic rings. The SMILES string of the molecule is CC.CCCCC.COCSc1ccccc1O. The molecule has 0 spiro atoms. The average molecular weight is 272 g/mol. The number of aromatic hydroxyl groups is 1. The van der Waals surface area contributed by atoms with Crippen LogP contribution >= 0.6 is 11.8 Å². The van der Waals surface area contributed by atoms with Crippen molar-refractivity contribution in [3.63, 3.8) is 0 Å². The van der Waals surface area contributed by atoms with Gasteiger partial charge >= 0.3 is 0 Å². The van der Waals surface area contributed by atoms with Gasteiger partial charge in [0.1, 0.15) is 5.75 Å². The van der Waals surface area contributed by atoms with Gasteiger partial charge in [0.05, 0.1) is 10.8 Å². The third kappa shape index (κ3) is 11.8. The molecule has 0 radical (unpaired) electrons. The summed E-state index contributed by atoms with van der Waals surface area (Å²) < 4.78 is 4.85. The average Bonchev–Trinajstić information content (AvgIpc) is 2.42. The second kappa shape index (κ2) is 16.3. The lowest BCUT2D eigenvalue weighted by Crippen LogP contribution is -1.80. The molecule has 18 heavy (non-hydrogen) atoms. The van der Waals surface area contributed by atoms with Gasteiger partial charge in [-0.15, -0.1) is 0 Å². The highest BCUT2D eigenvalue weighted by Crippen LogP contribution is 2.27. The van der Waals surface area contributed by atoms with Crippen molar-refractivity contribution in [2.45, 2.75) is 51.9 Å². The van der Waals surface area contributed by atoms with E-state index in [0.29, 0.717) is 11.7 Å². The van der Waals surface area contributed by atoms with E-state index in [1.165, 1.54) is 31.0 Å². The van der Waals surface area contributed by atoms with Crippen LogP contribution in [0, 0.1) is 0 Å². The summed E-state index contributed by atoms with van der Waals surface area (Å²) in [5.41, 5.74) is 0. The Balaban J connectivity index is 0. The van der Waals surface area contributed by atoms with Gasteiger partial charge in [-0.25, -0.2) is 0 Å². The van der Waals surface area contributed by atoms with Gasteiger partial charge < -0.3 is 9.84 Å². The van der Waals surface area contributed by atoms with Crippen LogP contribution in [0.1, 0.15) is 47.0 Å². The summed E-state index contributed by atoms with van der Waals surface area (Å²) >= 11 is 1.47. The molecule has 0 bridgehead atoms. The maximum atomic E-state index is 9.26. The van der Waals surface area contributed by atoms with E-state index in [9.17, 15) is 5.11 Å². The molecule has 2 nitrogen and oxygen atoms in total. The Morgan fingerprint density at radius 3 is 2.06 bits per heavy atom. The zero-order chi connectivity index (χ0) is 14.2. The van der Waals surface area contributed by atoms with Crippen molar-refractivity contribution in [1.29, 1.82) is 0 Å². The monoisotopic (exact) mass is 272 g/mol. The standard InChI is InChI=1S/C8H10O2S.C5H12.C2H6/c1-10-6-11-8-5-3-2-4-7(8)9;1-3-5-4-2;1-2/h2-5,9H,6H2,1H3;3-5H2,1-2H3;1-2H3. The Labute approximate surface area is 117 Å². The highest BCUT2D eigenvalue weighted by atomic mass is 32.2. The first-order chi connectivity index (χ1) is 8.76. The van der Waals surface area contributed by atoms with Gasteiger partial charge in [0, 0.05) is 7.11 Å². The summed E-state index contributed by atoms with van der Waals surface area (Å²) in [7, 11) is 1.63. The number of phenols is 1. The van der Waals surface area contributed by atoms with Crippen LogP contribution in [0.4, 0.5) is 0 Å². The predicted molar refractivity (Wildman–Crippen MR) is 82.4 cm³/mol. The van der Waals surface area contributed by atoms with Crippen LogP contribution in [0.2, 0.25) is 0 Å². The summed E-state index contributed by atoms with van der Waals surface area (Å²) in [6, 6.07) is 7.21. The number of hydrogen-bond acceptors (Lipinski definition) is 3. The summed E-state index contributed by atoms with van der Waals surface area (Å²) in [6.45, 7) is 8.42. The van der Waals surface area contributed by atoms with Crippen molar-refractivity contribution in [2.24, 2.45) is 0 Å². The van der Waals surface area contributed by atoms with Gasteiger partial charge in [-0.3, -0.25) is 0 Å². The van der Waals surface area contributed by atoms with Crippen molar-refractivity contribution in [3.8, 4) is 5.75 Å². The van der Waals surface area contributed by atoms with Crippen LogP contribution in [0.3, 0.4) is 0 Å². The topological polar surface area (TPSA) is 29.5 Å². The maximum absolute atomic E-state index is 9.26. The van der Waals surface area contributed by atoms with E-state index in [-0.39, 0.29) is 0 Å². The van der Waals surface area contributed by atoms with E-state index in [0.717, 1.165) is 4.90 Å². The van der Waals surface area contributed by atoms with Crippen molar-refractivity contribution in [1.82, 2.24) is 0 Å². The first kappa shape index (κ1) is 19.7. The Kier molecular flexibility index (Phi) is 17.8. The van der Waals surface area contributed by atoms with Gasteiger partial charge in [-0.2, -0.15) is 0 Å². The lowest BCUT2D eigenvalue weighted by molar-refractivity contribution is 0.258. The molecule has 1 N–H and O–H groups in total. The van der Waals surface area contributed by atoms with Crippen molar-refractivity contribution in [3.05, 3.63) is 24.3 Å². The van der Waals surface area contributed by atoms with Gasteiger partial charge in [0.2, 0.25) is 0 Å². The Morgan fingerprint density at radius 2 is 1.67 bits per heavy atom. The molecule has 0 heterocycles. The molecular formula is C15H28O2S. The minimum Gasteiger partial charge on any atom is -0.507 e. The molecule has 0 atom stereocenters. The number of para-hydroxylation sites is 1. The smallest absolute Gasteiger partial charge is 0.129 e. The second-order valence-electron chi connectivity index (χ2n) is 3.37. The highest BCUT2D eigenvalue weighted by molar-refractivity contribution is 7.99. The van der Waals surface area contributed by atoms with E-state index in [2.05, 4.69) is 13.8 Å². The predicted octanol–water partition coefficient (Wildman–Crippen LogP) is 5.31. The molecule has 0 fully saturated rings. The van der Waals surface area contributed by atoms with Crippen LogP contribution in [-0.4, -0.2) is 18.2 Å². The van der Waals surface area contributed by atoms with Crippen molar-refractivity contribution < 1.29 is 9.84 Å². The van der Waals surface area contributed by atoms with E-state index >= 15 is 0 Å². The second-order valence-corrected chi connectivity index (χ2v) is 4.34. The minimum atomic E-state index is 0.314. The van der Waals surface area contributed by atoms with Gasteiger partial charge in [-0.05, 0) is 12.1 Å². The van der Waals surface area contributed by atoms with Crippen molar-refractivity contribution >= 4 is 11.8 Å². The summed E-state index contributed by atoms with van der Waals surface area (Å²) in [6.07, 6.45) is 4.08. The number of methoxy groups -OCH3 is 1. The van der Waals surface area contributed by atoms with Crippen LogP contribution in [0.15, 0.2) is 29.2 Å². The zero-order valence-electron chi connectivity index (χ0n) is 12.4. The number of phenolic OH excluding ortho intramolecular Hbond substituents is 1. The fourth-order valence-corrected chi connectivity index (χ4v) is 1.69. The highest BCUT2D eigenvalue weighted by Gasteiger charge is 1.97. The number of unbranched alkanes of at least 4 members (excludes halogenated alkanes) is 2. The number of ether oxygens (including phenoxy) is 1. The molecule has 0 aliphatic heterocycles. The molecule has 0 unspecified atom stereocenters. The molecular weight excluding hydrogens is 244 g/mol. The largest absolute Gasteiger partial charge is 0.507 e. The first-order valence-corrected chi connectivity index (χ1v) is 7.64. The molecule has 0 amide bonds. The molecule has 0 saturated carbocycles. The van der Waals surface area contributed by atoms with Crippen LogP contribution in [0.5, 0.6) is 5.75 Å². The van der Waals surface area contributed by atoms with E-state index in [4.69, 9.17) is 4.74 Å². The van der Waals surface area contributed by atoms with Crippen LogP contribution < -0.4 is 0 Å². The van der Waals surface area contributed by atoms with Crippen molar-refractivity contribution in [2.75, 3.05) is 13.0 Å². The van der Waals surface area contributed by atoms with Crippen LogP contribution in [-0.2, 0) is 4.74 Å². The Morgan fingerprint density at radius 1 is 1.11 bits per heavy atom. The number of benzene rings is 1. The minimum absolute atomic E-state index is 0.314. The molecule has 1 aromatic rings. The third-order valence-electron chi connectivity index (χ3n) is 1.90. The zero-order valence-corrected chi connectivity index (χ0v) is 13.2.